The molecule has 3 heteroatoms. The van der Waals surface area contributed by atoms with Gasteiger partial charge in [0.05, 0.1) is 6.10 Å². The summed E-state index contributed by atoms with van der Waals surface area (Å²) in [5, 5.41) is 0.212. The van der Waals surface area contributed by atoms with Gasteiger partial charge in [-0.2, -0.15) is 0 Å². The molecule has 0 amide bonds. The van der Waals surface area contributed by atoms with Gasteiger partial charge in [0.25, 0.3) is 0 Å². The van der Waals surface area contributed by atoms with Crippen LogP contribution in [0.1, 0.15) is 71.8 Å². The molecule has 142 valence electrons. The highest BCUT2D eigenvalue weighted by molar-refractivity contribution is 6.74. The number of rotatable bonds is 5. The van der Waals surface area contributed by atoms with Crippen LogP contribution in [0, 0.1) is 17.7 Å². The molecule has 0 aliphatic heterocycles. The van der Waals surface area contributed by atoms with Crippen molar-refractivity contribution in [2.45, 2.75) is 90.5 Å². The van der Waals surface area contributed by atoms with Gasteiger partial charge < -0.3 is 4.43 Å². The summed E-state index contributed by atoms with van der Waals surface area (Å²) < 4.78 is 20.4. The normalized spacial score (nSPS) is 28.2. The molecular weight excluding hydrogens is 327 g/mol. The molecule has 1 aliphatic carbocycles. The molecule has 0 bridgehead atoms. The first-order valence-electron chi connectivity index (χ1n) is 10.0. The van der Waals surface area contributed by atoms with Gasteiger partial charge >= 0.3 is 0 Å². The van der Waals surface area contributed by atoms with Gasteiger partial charge in [0.15, 0.2) is 8.32 Å². The average molecular weight is 365 g/mol. The molecule has 25 heavy (non-hydrogen) atoms. The largest absolute Gasteiger partial charge is 0.413 e. The van der Waals surface area contributed by atoms with Crippen LogP contribution in [0.4, 0.5) is 4.39 Å². The Morgan fingerprint density at radius 1 is 1.04 bits per heavy atom. The zero-order valence-corrected chi connectivity index (χ0v) is 18.2. The molecule has 4 atom stereocenters. The van der Waals surface area contributed by atoms with Crippen molar-refractivity contribution < 1.29 is 8.82 Å². The van der Waals surface area contributed by atoms with E-state index in [9.17, 15) is 4.39 Å². The number of hydrogen-bond acceptors (Lipinski definition) is 1. The molecule has 0 heterocycles. The molecule has 2 rings (SSSR count). The Labute approximate surface area is 155 Å². The first-order valence-corrected chi connectivity index (χ1v) is 12.9. The Balaban J connectivity index is 2.37. The minimum absolute atomic E-state index is 0.151. The number of benzene rings is 1. The van der Waals surface area contributed by atoms with Gasteiger partial charge in [0.2, 0.25) is 0 Å². The minimum atomic E-state index is -1.83. The molecule has 0 saturated heterocycles. The zero-order valence-electron chi connectivity index (χ0n) is 17.2. The molecule has 1 nitrogen and oxygen atoms in total. The number of hydrogen-bond donors (Lipinski definition) is 0. The Morgan fingerprint density at radius 3 is 2.12 bits per heavy atom. The Morgan fingerprint density at radius 2 is 1.64 bits per heavy atom. The third-order valence-corrected chi connectivity index (χ3v) is 11.3. The van der Waals surface area contributed by atoms with Gasteiger partial charge in [-0.3, -0.25) is 0 Å². The van der Waals surface area contributed by atoms with Gasteiger partial charge in [0.1, 0.15) is 5.82 Å². The van der Waals surface area contributed by atoms with Gasteiger partial charge in [-0.05, 0) is 60.5 Å². The van der Waals surface area contributed by atoms with E-state index in [0.29, 0.717) is 11.8 Å². The molecular formula is C22H37FOSi. The zero-order chi connectivity index (χ0) is 18.8. The van der Waals surface area contributed by atoms with E-state index in [1.807, 2.05) is 12.1 Å². The Hall–Kier alpha value is -0.673. The fourth-order valence-electron chi connectivity index (χ4n) is 4.27. The lowest BCUT2D eigenvalue weighted by Crippen LogP contribution is -2.48. The van der Waals surface area contributed by atoms with Crippen LogP contribution in [0.3, 0.4) is 0 Å². The molecule has 1 fully saturated rings. The van der Waals surface area contributed by atoms with Crippen molar-refractivity contribution in [2.24, 2.45) is 11.8 Å². The second-order valence-electron chi connectivity index (χ2n) is 9.31. The van der Waals surface area contributed by atoms with E-state index in [1.165, 1.54) is 18.4 Å². The SMILES string of the molecule is CC[C@H]1CCC(O[Si](C)(C)C(C)(C)C)C(c2ccc(F)cc2)[C@@H]1CC. The van der Waals surface area contributed by atoms with Crippen LogP contribution in [-0.4, -0.2) is 14.4 Å². The third kappa shape index (κ3) is 4.54. The summed E-state index contributed by atoms with van der Waals surface area (Å²) in [4.78, 5) is 0. The van der Waals surface area contributed by atoms with E-state index < -0.39 is 8.32 Å². The molecule has 0 aromatic heterocycles. The van der Waals surface area contributed by atoms with Crippen molar-refractivity contribution in [1.29, 1.82) is 0 Å². The summed E-state index contributed by atoms with van der Waals surface area (Å²) in [6, 6.07) is 7.20. The summed E-state index contributed by atoms with van der Waals surface area (Å²) in [6.07, 6.45) is 5.04. The molecule has 2 unspecified atom stereocenters. The quantitative estimate of drug-likeness (QED) is 0.504. The summed E-state index contributed by atoms with van der Waals surface area (Å²) in [6.45, 7) is 16.2. The van der Waals surface area contributed by atoms with Crippen molar-refractivity contribution in [3.8, 4) is 0 Å². The van der Waals surface area contributed by atoms with E-state index in [-0.39, 0.29) is 17.0 Å². The van der Waals surface area contributed by atoms with Crippen LogP contribution in [0.2, 0.25) is 18.1 Å². The lowest BCUT2D eigenvalue weighted by molar-refractivity contribution is 0.0461. The summed E-state index contributed by atoms with van der Waals surface area (Å²) in [5.41, 5.74) is 1.26. The second kappa shape index (κ2) is 7.92. The van der Waals surface area contributed by atoms with E-state index in [2.05, 4.69) is 47.7 Å². The average Bonchev–Trinajstić information content (AvgIpc) is 2.54. The maximum atomic E-state index is 13.5. The van der Waals surface area contributed by atoms with Gasteiger partial charge in [-0.25, -0.2) is 4.39 Å². The molecule has 1 aliphatic rings. The monoisotopic (exact) mass is 364 g/mol. The van der Waals surface area contributed by atoms with Crippen LogP contribution < -0.4 is 0 Å². The summed E-state index contributed by atoms with van der Waals surface area (Å²) in [5.74, 6) is 1.61. The maximum Gasteiger partial charge on any atom is 0.192 e. The van der Waals surface area contributed by atoms with Gasteiger partial charge in [0, 0.05) is 5.92 Å². The predicted molar refractivity (Wildman–Crippen MR) is 108 cm³/mol. The van der Waals surface area contributed by atoms with Crippen molar-refractivity contribution in [3.63, 3.8) is 0 Å². The van der Waals surface area contributed by atoms with Gasteiger partial charge in [-0.1, -0.05) is 59.6 Å². The highest BCUT2D eigenvalue weighted by Crippen LogP contribution is 2.48. The highest BCUT2D eigenvalue weighted by atomic mass is 28.4. The van der Waals surface area contributed by atoms with Crippen molar-refractivity contribution in [2.75, 3.05) is 0 Å². The van der Waals surface area contributed by atoms with Crippen LogP contribution in [0.25, 0.3) is 0 Å². The molecule has 0 N–H and O–H groups in total. The maximum absolute atomic E-state index is 13.5. The van der Waals surface area contributed by atoms with Crippen molar-refractivity contribution in [1.82, 2.24) is 0 Å². The molecule has 1 saturated carbocycles. The van der Waals surface area contributed by atoms with E-state index in [4.69, 9.17) is 4.43 Å². The lowest BCUT2D eigenvalue weighted by Gasteiger charge is -2.48. The highest BCUT2D eigenvalue weighted by Gasteiger charge is 2.45. The molecule has 0 spiro atoms. The first-order chi connectivity index (χ1) is 11.6. The second-order valence-corrected chi connectivity index (χ2v) is 14.1. The lowest BCUT2D eigenvalue weighted by atomic mass is 9.66. The smallest absolute Gasteiger partial charge is 0.192 e. The standard InChI is InChI=1S/C22H37FOSi/c1-8-16-12-15-20(24-25(6,7)22(3,4)5)21(19(16)9-2)17-10-13-18(23)14-11-17/h10-11,13-14,16,19-21H,8-9,12,15H2,1-7H3/t16-,19+,20?,21?/m0/s1. The fraction of sp³-hybridized carbons (Fsp3) is 0.727. The van der Waals surface area contributed by atoms with Crippen LogP contribution in [0.5, 0.6) is 0 Å². The van der Waals surface area contributed by atoms with E-state index >= 15 is 0 Å². The first kappa shape index (κ1) is 20.6. The van der Waals surface area contributed by atoms with E-state index in [0.717, 1.165) is 18.8 Å². The van der Waals surface area contributed by atoms with Crippen LogP contribution >= 0.6 is 0 Å². The predicted octanol–water partition coefficient (Wildman–Crippen LogP) is 7.15. The Kier molecular flexibility index (Phi) is 6.53. The van der Waals surface area contributed by atoms with E-state index in [1.54, 1.807) is 12.1 Å². The van der Waals surface area contributed by atoms with Crippen molar-refractivity contribution >= 4 is 8.32 Å². The molecule has 1 aromatic carbocycles. The molecule has 1 aromatic rings. The topological polar surface area (TPSA) is 9.23 Å². The number of halogens is 1. The minimum Gasteiger partial charge on any atom is -0.413 e. The van der Waals surface area contributed by atoms with Crippen LogP contribution in [0.15, 0.2) is 24.3 Å². The van der Waals surface area contributed by atoms with Crippen molar-refractivity contribution in [3.05, 3.63) is 35.6 Å². The van der Waals surface area contributed by atoms with Gasteiger partial charge in [-0.15, -0.1) is 0 Å². The third-order valence-electron chi connectivity index (χ3n) is 6.79. The Bertz CT molecular complexity index is 546. The fourth-order valence-corrected chi connectivity index (χ4v) is 5.64. The molecule has 0 radical (unpaired) electrons. The summed E-state index contributed by atoms with van der Waals surface area (Å²) in [7, 11) is -1.83. The summed E-state index contributed by atoms with van der Waals surface area (Å²) >= 11 is 0. The van der Waals surface area contributed by atoms with Crippen LogP contribution in [-0.2, 0) is 4.43 Å².